The lowest BCUT2D eigenvalue weighted by molar-refractivity contribution is 0.208. The number of aryl methyl sites for hydroxylation is 1. The Kier molecular flexibility index (Phi) is 3.55. The van der Waals surface area contributed by atoms with Crippen LogP contribution >= 0.6 is 0 Å². The molecule has 2 aliphatic carbocycles. The van der Waals surface area contributed by atoms with E-state index in [1.165, 1.54) is 76.7 Å². The summed E-state index contributed by atoms with van der Waals surface area (Å²) < 4.78 is 9.15. The predicted octanol–water partition coefficient (Wildman–Crippen LogP) is 8.09. The van der Waals surface area contributed by atoms with Crippen LogP contribution in [0.4, 0.5) is 0 Å². The van der Waals surface area contributed by atoms with Crippen LogP contribution < -0.4 is 0 Å². The van der Waals surface area contributed by atoms with Crippen LogP contribution in [0.5, 0.6) is 0 Å². The monoisotopic (exact) mass is 407 g/mol. The molecule has 0 saturated heterocycles. The van der Waals surface area contributed by atoms with Crippen molar-refractivity contribution in [1.82, 2.24) is 4.57 Å². The SMILES string of the molecule is CCC1(c2c3oc4ccccc4c3cc3c4ccccc4n(C)c23)CC2CCC(C2)C1. The van der Waals surface area contributed by atoms with Gasteiger partial charge in [-0.2, -0.15) is 0 Å². The van der Waals surface area contributed by atoms with Crippen LogP contribution in [0.25, 0.3) is 43.7 Å². The van der Waals surface area contributed by atoms with Crippen molar-refractivity contribution in [3.8, 4) is 0 Å². The molecule has 0 aliphatic heterocycles. The normalized spacial score (nSPS) is 26.0. The molecular formula is C29H29NO. The first-order valence-electron chi connectivity index (χ1n) is 12.0. The second-order valence-electron chi connectivity index (χ2n) is 10.3. The molecule has 2 aliphatic rings. The van der Waals surface area contributed by atoms with Crippen molar-refractivity contribution >= 4 is 43.7 Å². The largest absolute Gasteiger partial charge is 0.456 e. The summed E-state index contributed by atoms with van der Waals surface area (Å²) >= 11 is 0. The van der Waals surface area contributed by atoms with Crippen LogP contribution in [0.1, 0.15) is 51.0 Å². The van der Waals surface area contributed by atoms with Crippen molar-refractivity contribution in [2.24, 2.45) is 18.9 Å². The molecule has 156 valence electrons. The molecule has 0 radical (unpaired) electrons. The molecule has 2 unspecified atom stereocenters. The fraction of sp³-hybridized carbons (Fsp3) is 0.379. The Morgan fingerprint density at radius 3 is 2.39 bits per heavy atom. The summed E-state index contributed by atoms with van der Waals surface area (Å²) in [7, 11) is 2.25. The summed E-state index contributed by atoms with van der Waals surface area (Å²) in [6.45, 7) is 2.42. The van der Waals surface area contributed by atoms with E-state index >= 15 is 0 Å². The Labute approximate surface area is 182 Å². The van der Waals surface area contributed by atoms with Crippen LogP contribution in [0, 0.1) is 11.8 Å². The van der Waals surface area contributed by atoms with Gasteiger partial charge >= 0.3 is 0 Å². The molecule has 2 bridgehead atoms. The third-order valence-electron chi connectivity index (χ3n) is 8.75. The maximum absolute atomic E-state index is 6.70. The standard InChI is InChI=1S/C29H29NO/c1-3-29(16-18-12-13-19(14-18)17-29)26-27-22(20-8-4-6-10-24(20)30(27)2)15-23-21-9-5-7-11-25(21)31-28(23)26/h4-11,15,18-19H,3,12-14,16-17H2,1-2H3. The summed E-state index contributed by atoms with van der Waals surface area (Å²) in [6, 6.07) is 19.9. The van der Waals surface area contributed by atoms with Crippen LogP contribution in [-0.4, -0.2) is 4.57 Å². The van der Waals surface area contributed by atoms with E-state index in [0.29, 0.717) is 0 Å². The molecule has 2 heteroatoms. The summed E-state index contributed by atoms with van der Waals surface area (Å²) in [5.41, 5.74) is 6.58. The molecular weight excluding hydrogens is 378 g/mol. The zero-order valence-electron chi connectivity index (χ0n) is 18.4. The van der Waals surface area contributed by atoms with Gasteiger partial charge in [0.1, 0.15) is 11.2 Å². The zero-order valence-corrected chi connectivity index (χ0v) is 18.4. The lowest BCUT2D eigenvalue weighted by Crippen LogP contribution is -2.34. The maximum atomic E-state index is 6.70. The summed E-state index contributed by atoms with van der Waals surface area (Å²) in [6.07, 6.45) is 8.09. The van der Waals surface area contributed by atoms with Crippen molar-refractivity contribution in [3.05, 3.63) is 60.2 Å². The Hall–Kier alpha value is -2.74. The van der Waals surface area contributed by atoms with Crippen LogP contribution in [0.2, 0.25) is 0 Å². The van der Waals surface area contributed by atoms with Crippen LogP contribution in [0.15, 0.2) is 59.0 Å². The van der Waals surface area contributed by atoms with Gasteiger partial charge in [0.05, 0.1) is 5.52 Å². The first-order chi connectivity index (χ1) is 15.2. The topological polar surface area (TPSA) is 18.1 Å². The molecule has 0 amide bonds. The van der Waals surface area contributed by atoms with Crippen molar-refractivity contribution < 1.29 is 4.42 Å². The second kappa shape index (κ2) is 6.16. The highest BCUT2D eigenvalue weighted by molar-refractivity contribution is 6.18. The third-order valence-corrected chi connectivity index (χ3v) is 8.75. The lowest BCUT2D eigenvalue weighted by atomic mass is 9.63. The Bertz CT molecular complexity index is 1470. The highest BCUT2D eigenvalue weighted by atomic mass is 16.3. The molecule has 2 saturated carbocycles. The summed E-state index contributed by atoms with van der Waals surface area (Å²) in [4.78, 5) is 0. The van der Waals surface area contributed by atoms with Gasteiger partial charge in [-0.3, -0.25) is 0 Å². The van der Waals surface area contributed by atoms with E-state index in [0.717, 1.165) is 23.0 Å². The zero-order chi connectivity index (χ0) is 20.7. The van der Waals surface area contributed by atoms with Crippen molar-refractivity contribution in [2.45, 2.75) is 50.9 Å². The molecule has 7 rings (SSSR count). The van der Waals surface area contributed by atoms with E-state index in [4.69, 9.17) is 4.42 Å². The first kappa shape index (κ1) is 17.9. The van der Waals surface area contributed by atoms with E-state index < -0.39 is 0 Å². The third kappa shape index (κ3) is 2.28. The van der Waals surface area contributed by atoms with E-state index in [2.05, 4.69) is 73.1 Å². The number of fused-ring (bicyclic) bond motifs is 8. The van der Waals surface area contributed by atoms with Crippen molar-refractivity contribution in [3.63, 3.8) is 0 Å². The summed E-state index contributed by atoms with van der Waals surface area (Å²) in [5.74, 6) is 1.76. The molecule has 2 nitrogen and oxygen atoms in total. The number of hydrogen-bond acceptors (Lipinski definition) is 1. The van der Waals surface area contributed by atoms with E-state index in [9.17, 15) is 0 Å². The number of furan rings is 1. The maximum Gasteiger partial charge on any atom is 0.141 e. The molecule has 0 N–H and O–H groups in total. The van der Waals surface area contributed by atoms with E-state index in [-0.39, 0.29) is 5.41 Å². The Morgan fingerprint density at radius 1 is 0.903 bits per heavy atom. The minimum atomic E-state index is 0.206. The van der Waals surface area contributed by atoms with Gasteiger partial charge in [-0.1, -0.05) is 56.2 Å². The Morgan fingerprint density at radius 2 is 1.61 bits per heavy atom. The average Bonchev–Trinajstić information content (AvgIpc) is 3.44. The molecule has 2 atom stereocenters. The highest BCUT2D eigenvalue weighted by Crippen LogP contribution is 2.57. The van der Waals surface area contributed by atoms with Crippen LogP contribution in [-0.2, 0) is 12.5 Å². The van der Waals surface area contributed by atoms with Crippen LogP contribution in [0.3, 0.4) is 0 Å². The molecule has 31 heavy (non-hydrogen) atoms. The molecule has 0 spiro atoms. The molecule has 5 aromatic rings. The number of nitrogens with zero attached hydrogens (tertiary/aromatic N) is 1. The number of benzene rings is 3. The van der Waals surface area contributed by atoms with Gasteiger partial charge in [-0.15, -0.1) is 0 Å². The first-order valence-corrected chi connectivity index (χ1v) is 12.0. The predicted molar refractivity (Wildman–Crippen MR) is 130 cm³/mol. The Balaban J connectivity index is 1.70. The highest BCUT2D eigenvalue weighted by Gasteiger charge is 2.46. The minimum absolute atomic E-state index is 0.206. The summed E-state index contributed by atoms with van der Waals surface area (Å²) in [5, 5.41) is 5.29. The number of aromatic nitrogens is 1. The number of rotatable bonds is 2. The fourth-order valence-corrected chi connectivity index (χ4v) is 7.42. The molecule has 2 aromatic heterocycles. The van der Waals surface area contributed by atoms with Gasteiger partial charge in [-0.05, 0) is 55.7 Å². The lowest BCUT2D eigenvalue weighted by Gasteiger charge is -2.41. The molecule has 2 heterocycles. The van der Waals surface area contributed by atoms with E-state index in [1.54, 1.807) is 0 Å². The van der Waals surface area contributed by atoms with Gasteiger partial charge in [-0.25, -0.2) is 0 Å². The van der Waals surface area contributed by atoms with Crippen molar-refractivity contribution in [1.29, 1.82) is 0 Å². The second-order valence-corrected chi connectivity index (χ2v) is 10.3. The van der Waals surface area contributed by atoms with Gasteiger partial charge in [0.25, 0.3) is 0 Å². The number of para-hydroxylation sites is 2. The average molecular weight is 408 g/mol. The van der Waals surface area contributed by atoms with Crippen molar-refractivity contribution in [2.75, 3.05) is 0 Å². The van der Waals surface area contributed by atoms with Gasteiger partial charge in [0.15, 0.2) is 0 Å². The van der Waals surface area contributed by atoms with Gasteiger partial charge < -0.3 is 8.98 Å². The minimum Gasteiger partial charge on any atom is -0.456 e. The molecule has 3 aromatic carbocycles. The van der Waals surface area contributed by atoms with Gasteiger partial charge in [0, 0.05) is 45.1 Å². The van der Waals surface area contributed by atoms with E-state index in [1.807, 2.05) is 0 Å². The fourth-order valence-electron chi connectivity index (χ4n) is 7.42. The van der Waals surface area contributed by atoms with Gasteiger partial charge in [0.2, 0.25) is 0 Å². The quantitative estimate of drug-likeness (QED) is 0.289. The molecule has 2 fully saturated rings. The number of hydrogen-bond donors (Lipinski definition) is 0. The smallest absolute Gasteiger partial charge is 0.141 e.